The third-order valence-corrected chi connectivity index (χ3v) is 6.10. The molecule has 22 heavy (non-hydrogen) atoms. The van der Waals surface area contributed by atoms with Gasteiger partial charge in [-0.1, -0.05) is 25.7 Å². The first-order valence-electron chi connectivity index (χ1n) is 8.90. The Morgan fingerprint density at radius 2 is 1.77 bits per heavy atom. The maximum absolute atomic E-state index is 11.3. The molecule has 0 aromatic heterocycles. The average Bonchev–Trinajstić information content (AvgIpc) is 3.04. The monoisotopic (exact) mass is 328 g/mol. The normalized spacial score (nSPS) is 26.8. The van der Waals surface area contributed by atoms with Gasteiger partial charge in [-0.2, -0.15) is 11.8 Å². The van der Waals surface area contributed by atoms with Crippen LogP contribution in [0.4, 0.5) is 4.79 Å². The van der Waals surface area contributed by atoms with Crippen molar-refractivity contribution in [1.29, 1.82) is 0 Å². The van der Waals surface area contributed by atoms with Crippen molar-refractivity contribution in [2.75, 3.05) is 25.4 Å². The topological polar surface area (TPSA) is 79.2 Å². The molecule has 0 aromatic carbocycles. The molecule has 128 valence electrons. The summed E-state index contributed by atoms with van der Waals surface area (Å²) in [6, 6.07) is 0.753. The van der Waals surface area contributed by atoms with Crippen LogP contribution in [0.5, 0.6) is 0 Å². The second-order valence-corrected chi connectivity index (χ2v) is 7.70. The fraction of sp³-hybridized carbons (Fsp3) is 0.938. The molecule has 0 bridgehead atoms. The highest BCUT2D eigenvalue weighted by Crippen LogP contribution is 2.33. The van der Waals surface area contributed by atoms with Gasteiger partial charge in [-0.3, -0.25) is 0 Å². The van der Waals surface area contributed by atoms with Gasteiger partial charge in [0.15, 0.2) is 0 Å². The highest BCUT2D eigenvalue weighted by atomic mass is 32.2. The van der Waals surface area contributed by atoms with Crippen LogP contribution in [0, 0.1) is 0 Å². The van der Waals surface area contributed by atoms with Gasteiger partial charge >= 0.3 is 6.03 Å². The molecule has 2 fully saturated rings. The molecule has 0 unspecified atom stereocenters. The second kappa shape index (κ2) is 10.3. The highest BCUT2D eigenvalue weighted by molar-refractivity contribution is 8.00. The van der Waals surface area contributed by atoms with E-state index in [1.807, 2.05) is 11.8 Å². The number of rotatable bonds is 12. The van der Waals surface area contributed by atoms with Crippen molar-refractivity contribution >= 4 is 17.8 Å². The fourth-order valence-corrected chi connectivity index (χ4v) is 4.83. The minimum atomic E-state index is 0.0240. The van der Waals surface area contributed by atoms with Gasteiger partial charge in [0, 0.05) is 11.0 Å². The molecule has 0 saturated carbocycles. The SMILES string of the molecule is NCCCCCCNCCCCC[C@@H]1SC[C@@H]2NC(=O)N[C@@H]21. The molecule has 2 saturated heterocycles. The molecule has 2 aliphatic rings. The third kappa shape index (κ3) is 5.97. The first kappa shape index (κ1) is 17.9. The van der Waals surface area contributed by atoms with Gasteiger partial charge in [-0.25, -0.2) is 4.79 Å². The van der Waals surface area contributed by atoms with E-state index in [0.29, 0.717) is 17.3 Å². The van der Waals surface area contributed by atoms with Gasteiger partial charge in [0.1, 0.15) is 0 Å². The number of carbonyl (C=O) groups excluding carboxylic acids is 1. The Bertz CT molecular complexity index is 329. The molecular weight excluding hydrogens is 296 g/mol. The zero-order valence-electron chi connectivity index (χ0n) is 13.6. The number of amides is 2. The molecule has 0 radical (unpaired) electrons. The maximum Gasteiger partial charge on any atom is 0.315 e. The summed E-state index contributed by atoms with van der Waals surface area (Å²) < 4.78 is 0. The number of hydrogen-bond donors (Lipinski definition) is 4. The van der Waals surface area contributed by atoms with Crippen molar-refractivity contribution < 1.29 is 4.79 Å². The summed E-state index contributed by atoms with van der Waals surface area (Å²) in [4.78, 5) is 11.3. The van der Waals surface area contributed by atoms with Crippen molar-refractivity contribution in [2.24, 2.45) is 5.73 Å². The lowest BCUT2D eigenvalue weighted by atomic mass is 10.0. The van der Waals surface area contributed by atoms with Gasteiger partial charge < -0.3 is 21.7 Å². The molecule has 2 heterocycles. The molecule has 5 nitrogen and oxygen atoms in total. The van der Waals surface area contributed by atoms with E-state index < -0.39 is 0 Å². The maximum atomic E-state index is 11.3. The summed E-state index contributed by atoms with van der Waals surface area (Å²) in [5.74, 6) is 1.07. The summed E-state index contributed by atoms with van der Waals surface area (Å²) in [6.45, 7) is 3.11. The quantitative estimate of drug-likeness (QED) is 0.325. The predicted octanol–water partition coefficient (Wildman–Crippen LogP) is 1.82. The van der Waals surface area contributed by atoms with Crippen LogP contribution in [0.2, 0.25) is 0 Å². The number of nitrogens with two attached hydrogens (primary N) is 1. The standard InChI is InChI=1S/C16H32N4OS/c17-9-5-1-2-6-10-18-11-7-3-4-8-14-15-13(12-22-14)19-16(21)20-15/h13-15,18H,1-12,17H2,(H2,19,20,21)/t13-,14-,15-/m0/s1. The van der Waals surface area contributed by atoms with Crippen LogP contribution in [0.3, 0.4) is 0 Å². The Morgan fingerprint density at radius 3 is 2.55 bits per heavy atom. The van der Waals surface area contributed by atoms with E-state index in [0.717, 1.165) is 31.8 Å². The molecule has 0 spiro atoms. The van der Waals surface area contributed by atoms with Crippen LogP contribution in [0.15, 0.2) is 0 Å². The van der Waals surface area contributed by atoms with E-state index in [1.54, 1.807) is 0 Å². The Labute approximate surface area is 138 Å². The Morgan fingerprint density at radius 1 is 1.05 bits per heavy atom. The number of carbonyl (C=O) groups is 1. The van der Waals surface area contributed by atoms with E-state index in [4.69, 9.17) is 5.73 Å². The molecule has 2 aliphatic heterocycles. The number of urea groups is 1. The number of thioether (sulfide) groups is 1. The third-order valence-electron chi connectivity index (χ3n) is 4.59. The summed E-state index contributed by atoms with van der Waals surface area (Å²) in [5, 5.41) is 10.2. The lowest BCUT2D eigenvalue weighted by Crippen LogP contribution is -2.36. The van der Waals surface area contributed by atoms with Crippen LogP contribution in [-0.4, -0.2) is 48.8 Å². The molecule has 3 atom stereocenters. The van der Waals surface area contributed by atoms with E-state index in [9.17, 15) is 4.79 Å². The average molecular weight is 329 g/mol. The zero-order valence-corrected chi connectivity index (χ0v) is 14.4. The van der Waals surface area contributed by atoms with Crippen LogP contribution in [0.1, 0.15) is 51.4 Å². The highest BCUT2D eigenvalue weighted by Gasteiger charge is 2.42. The number of fused-ring (bicyclic) bond motifs is 1. The first-order valence-corrected chi connectivity index (χ1v) is 9.95. The number of hydrogen-bond acceptors (Lipinski definition) is 4. The predicted molar refractivity (Wildman–Crippen MR) is 94.3 cm³/mol. The van der Waals surface area contributed by atoms with E-state index in [-0.39, 0.29) is 6.03 Å². The van der Waals surface area contributed by atoms with Crippen LogP contribution < -0.4 is 21.7 Å². The Hall–Kier alpha value is -0.460. The van der Waals surface area contributed by atoms with Gasteiger partial charge in [0.25, 0.3) is 0 Å². The number of unbranched alkanes of at least 4 members (excludes halogenated alkanes) is 5. The van der Waals surface area contributed by atoms with Gasteiger partial charge in [-0.05, 0) is 45.3 Å². The Kier molecular flexibility index (Phi) is 8.41. The molecule has 2 rings (SSSR count). The van der Waals surface area contributed by atoms with Crippen molar-refractivity contribution in [3.63, 3.8) is 0 Å². The van der Waals surface area contributed by atoms with E-state index in [1.165, 1.54) is 44.9 Å². The van der Waals surface area contributed by atoms with E-state index in [2.05, 4.69) is 16.0 Å². The largest absolute Gasteiger partial charge is 0.332 e. The Balaban J connectivity index is 1.38. The number of nitrogens with one attached hydrogen (secondary N) is 3. The summed E-state index contributed by atoms with van der Waals surface area (Å²) in [7, 11) is 0. The van der Waals surface area contributed by atoms with Gasteiger partial charge in [0.05, 0.1) is 12.1 Å². The first-order chi connectivity index (χ1) is 10.8. The smallest absolute Gasteiger partial charge is 0.315 e. The lowest BCUT2D eigenvalue weighted by molar-refractivity contribution is 0.247. The van der Waals surface area contributed by atoms with Crippen molar-refractivity contribution in [1.82, 2.24) is 16.0 Å². The summed E-state index contributed by atoms with van der Waals surface area (Å²) in [5.41, 5.74) is 5.48. The summed E-state index contributed by atoms with van der Waals surface area (Å²) in [6.07, 6.45) is 10.1. The summed E-state index contributed by atoms with van der Waals surface area (Å²) >= 11 is 2.02. The minimum Gasteiger partial charge on any atom is -0.332 e. The molecule has 0 aliphatic carbocycles. The van der Waals surface area contributed by atoms with Crippen molar-refractivity contribution in [2.45, 2.75) is 68.7 Å². The van der Waals surface area contributed by atoms with Crippen molar-refractivity contribution in [3.05, 3.63) is 0 Å². The molecule has 0 aromatic rings. The fourth-order valence-electron chi connectivity index (χ4n) is 3.29. The zero-order chi connectivity index (χ0) is 15.6. The second-order valence-electron chi connectivity index (χ2n) is 6.42. The molecular formula is C16H32N4OS. The molecule has 6 heteroatoms. The lowest BCUT2D eigenvalue weighted by Gasteiger charge is -2.16. The van der Waals surface area contributed by atoms with Crippen LogP contribution in [0.25, 0.3) is 0 Å². The van der Waals surface area contributed by atoms with Crippen LogP contribution in [-0.2, 0) is 0 Å². The molecule has 2 amide bonds. The van der Waals surface area contributed by atoms with E-state index >= 15 is 0 Å². The minimum absolute atomic E-state index is 0.0240. The van der Waals surface area contributed by atoms with Crippen LogP contribution >= 0.6 is 11.8 Å². The molecule has 5 N–H and O–H groups in total. The van der Waals surface area contributed by atoms with Gasteiger partial charge in [-0.15, -0.1) is 0 Å². The van der Waals surface area contributed by atoms with Crippen molar-refractivity contribution in [3.8, 4) is 0 Å². The van der Waals surface area contributed by atoms with Gasteiger partial charge in [0.2, 0.25) is 0 Å².